The van der Waals surface area contributed by atoms with Crippen LogP contribution in [0.1, 0.15) is 26.2 Å². The molecule has 0 saturated carbocycles. The molecule has 0 spiro atoms. The molecule has 0 radical (unpaired) electrons. The van der Waals surface area contributed by atoms with Crippen LogP contribution in [0.15, 0.2) is 22.8 Å². The number of allylic oxidation sites excluding steroid dienone is 4. The molecule has 0 amide bonds. The standard InChI is InChI=1S/C11H18ClN/c1-9(7-8-13-2)10-3-5-11(12)6-4-10/h3,5,9,13H,4,6-8H2,1-2H3. The van der Waals surface area contributed by atoms with Crippen LogP contribution in [0.25, 0.3) is 0 Å². The van der Waals surface area contributed by atoms with Crippen molar-refractivity contribution in [2.75, 3.05) is 13.6 Å². The van der Waals surface area contributed by atoms with E-state index in [9.17, 15) is 0 Å². The van der Waals surface area contributed by atoms with Crippen LogP contribution in [-0.2, 0) is 0 Å². The molecule has 1 unspecified atom stereocenters. The lowest BCUT2D eigenvalue weighted by molar-refractivity contribution is 0.564. The van der Waals surface area contributed by atoms with E-state index in [4.69, 9.17) is 11.6 Å². The quantitative estimate of drug-likeness (QED) is 0.734. The normalized spacial score (nSPS) is 19.3. The lowest BCUT2D eigenvalue weighted by Gasteiger charge is -2.18. The van der Waals surface area contributed by atoms with Crippen LogP contribution in [-0.4, -0.2) is 13.6 Å². The van der Waals surface area contributed by atoms with Crippen LogP contribution in [0.3, 0.4) is 0 Å². The van der Waals surface area contributed by atoms with Crippen molar-refractivity contribution < 1.29 is 0 Å². The average Bonchev–Trinajstić information content (AvgIpc) is 2.15. The van der Waals surface area contributed by atoms with Crippen molar-refractivity contribution in [3.63, 3.8) is 0 Å². The monoisotopic (exact) mass is 199 g/mol. The number of rotatable bonds is 4. The van der Waals surface area contributed by atoms with Crippen molar-refractivity contribution >= 4 is 11.6 Å². The Labute approximate surface area is 85.9 Å². The molecule has 0 aromatic rings. The van der Waals surface area contributed by atoms with Crippen molar-refractivity contribution in [1.29, 1.82) is 0 Å². The predicted molar refractivity (Wildman–Crippen MR) is 59.0 cm³/mol. The highest BCUT2D eigenvalue weighted by Gasteiger charge is 2.10. The molecule has 74 valence electrons. The Balaban J connectivity index is 2.43. The van der Waals surface area contributed by atoms with Crippen LogP contribution in [0.4, 0.5) is 0 Å². The maximum atomic E-state index is 5.90. The van der Waals surface area contributed by atoms with Gasteiger partial charge in [0, 0.05) is 5.03 Å². The van der Waals surface area contributed by atoms with Gasteiger partial charge >= 0.3 is 0 Å². The summed E-state index contributed by atoms with van der Waals surface area (Å²) in [5.74, 6) is 0.688. The molecule has 2 heteroatoms. The van der Waals surface area contributed by atoms with E-state index in [0.717, 1.165) is 24.4 Å². The highest BCUT2D eigenvalue weighted by molar-refractivity contribution is 6.29. The molecule has 0 bridgehead atoms. The molecule has 1 N–H and O–H groups in total. The van der Waals surface area contributed by atoms with E-state index < -0.39 is 0 Å². The number of halogens is 1. The fourth-order valence-corrected chi connectivity index (χ4v) is 1.74. The number of nitrogens with one attached hydrogen (secondary N) is 1. The molecular formula is C11H18ClN. The maximum absolute atomic E-state index is 5.90. The van der Waals surface area contributed by atoms with Gasteiger partial charge in [-0.15, -0.1) is 0 Å². The van der Waals surface area contributed by atoms with E-state index in [1.54, 1.807) is 5.57 Å². The highest BCUT2D eigenvalue weighted by Crippen LogP contribution is 2.27. The minimum absolute atomic E-state index is 0.688. The second-order valence-electron chi connectivity index (χ2n) is 3.65. The van der Waals surface area contributed by atoms with E-state index in [-0.39, 0.29) is 0 Å². The van der Waals surface area contributed by atoms with Gasteiger partial charge in [-0.2, -0.15) is 0 Å². The van der Waals surface area contributed by atoms with Crippen LogP contribution < -0.4 is 5.32 Å². The van der Waals surface area contributed by atoms with Crippen LogP contribution in [0.5, 0.6) is 0 Å². The zero-order valence-electron chi connectivity index (χ0n) is 8.44. The molecule has 1 atom stereocenters. The highest BCUT2D eigenvalue weighted by atomic mass is 35.5. The van der Waals surface area contributed by atoms with Crippen molar-refractivity contribution in [3.8, 4) is 0 Å². The molecule has 1 aliphatic carbocycles. The first kappa shape index (κ1) is 10.8. The Morgan fingerprint density at radius 2 is 2.23 bits per heavy atom. The van der Waals surface area contributed by atoms with Crippen molar-refractivity contribution in [2.24, 2.45) is 5.92 Å². The lowest BCUT2D eigenvalue weighted by atomic mass is 9.91. The minimum atomic E-state index is 0.688. The molecule has 0 aliphatic heterocycles. The third kappa shape index (κ3) is 3.53. The van der Waals surface area contributed by atoms with E-state index >= 15 is 0 Å². The third-order valence-corrected chi connectivity index (χ3v) is 2.91. The van der Waals surface area contributed by atoms with E-state index in [1.807, 2.05) is 13.1 Å². The molecule has 0 aromatic carbocycles. The van der Waals surface area contributed by atoms with Gasteiger partial charge in [0.05, 0.1) is 0 Å². The zero-order valence-corrected chi connectivity index (χ0v) is 9.19. The van der Waals surface area contributed by atoms with Gasteiger partial charge in [-0.25, -0.2) is 0 Å². The molecule has 13 heavy (non-hydrogen) atoms. The van der Waals surface area contributed by atoms with Gasteiger partial charge in [0.1, 0.15) is 0 Å². The Hall–Kier alpha value is -0.270. The van der Waals surface area contributed by atoms with Crippen molar-refractivity contribution in [1.82, 2.24) is 5.32 Å². The summed E-state index contributed by atoms with van der Waals surface area (Å²) < 4.78 is 0. The first-order valence-electron chi connectivity index (χ1n) is 4.93. The van der Waals surface area contributed by atoms with Gasteiger partial charge in [0.15, 0.2) is 0 Å². The van der Waals surface area contributed by atoms with Crippen LogP contribution in [0.2, 0.25) is 0 Å². The van der Waals surface area contributed by atoms with Gasteiger partial charge in [0.25, 0.3) is 0 Å². The van der Waals surface area contributed by atoms with Gasteiger partial charge < -0.3 is 5.32 Å². The molecular weight excluding hydrogens is 182 g/mol. The second-order valence-corrected chi connectivity index (χ2v) is 4.13. The summed E-state index contributed by atoms with van der Waals surface area (Å²) in [7, 11) is 2.00. The molecule has 0 aromatic heterocycles. The maximum Gasteiger partial charge on any atom is 0.0184 e. The first-order chi connectivity index (χ1) is 6.24. The van der Waals surface area contributed by atoms with Gasteiger partial charge in [-0.1, -0.05) is 30.2 Å². The second kappa shape index (κ2) is 5.46. The van der Waals surface area contributed by atoms with Crippen molar-refractivity contribution in [2.45, 2.75) is 26.2 Å². The SMILES string of the molecule is CNCCC(C)C1=CC=C(Cl)CC1. The van der Waals surface area contributed by atoms with E-state index in [0.29, 0.717) is 5.92 Å². The molecule has 1 nitrogen and oxygen atoms in total. The molecule has 0 fully saturated rings. The molecule has 1 rings (SSSR count). The Morgan fingerprint density at radius 1 is 1.46 bits per heavy atom. The minimum Gasteiger partial charge on any atom is -0.320 e. The Kier molecular flexibility index (Phi) is 4.54. The number of hydrogen-bond donors (Lipinski definition) is 1. The summed E-state index contributed by atoms with van der Waals surface area (Å²) in [5.41, 5.74) is 1.54. The molecule has 0 heterocycles. The zero-order chi connectivity index (χ0) is 9.68. The van der Waals surface area contributed by atoms with Gasteiger partial charge in [-0.3, -0.25) is 0 Å². The van der Waals surface area contributed by atoms with Gasteiger partial charge in [0.2, 0.25) is 0 Å². The lowest BCUT2D eigenvalue weighted by Crippen LogP contribution is -2.13. The fourth-order valence-electron chi connectivity index (χ4n) is 1.58. The summed E-state index contributed by atoms with van der Waals surface area (Å²) in [6.07, 6.45) is 7.60. The average molecular weight is 200 g/mol. The smallest absolute Gasteiger partial charge is 0.0184 e. The summed E-state index contributed by atoms with van der Waals surface area (Å²) in [4.78, 5) is 0. The summed E-state index contributed by atoms with van der Waals surface area (Å²) >= 11 is 5.90. The molecule has 1 aliphatic rings. The van der Waals surface area contributed by atoms with Crippen LogP contribution in [0, 0.1) is 5.92 Å². The van der Waals surface area contributed by atoms with Crippen LogP contribution >= 0.6 is 11.6 Å². The van der Waals surface area contributed by atoms with E-state index in [1.165, 1.54) is 6.42 Å². The summed E-state index contributed by atoms with van der Waals surface area (Å²) in [6.45, 7) is 3.38. The largest absolute Gasteiger partial charge is 0.320 e. The Bertz CT molecular complexity index is 218. The fraction of sp³-hybridized carbons (Fsp3) is 0.636. The van der Waals surface area contributed by atoms with Gasteiger partial charge in [-0.05, 0) is 44.8 Å². The van der Waals surface area contributed by atoms with E-state index in [2.05, 4.69) is 18.3 Å². The molecule has 0 saturated heterocycles. The Morgan fingerprint density at radius 3 is 2.77 bits per heavy atom. The number of hydrogen-bond acceptors (Lipinski definition) is 1. The predicted octanol–water partition coefficient (Wildman–Crippen LogP) is 3.07. The third-order valence-electron chi connectivity index (χ3n) is 2.59. The topological polar surface area (TPSA) is 12.0 Å². The summed E-state index contributed by atoms with van der Waals surface area (Å²) in [6, 6.07) is 0. The first-order valence-corrected chi connectivity index (χ1v) is 5.31. The van der Waals surface area contributed by atoms with Crippen molar-refractivity contribution in [3.05, 3.63) is 22.8 Å². The summed E-state index contributed by atoms with van der Waals surface area (Å²) in [5, 5.41) is 4.17.